The van der Waals surface area contributed by atoms with Gasteiger partial charge in [-0.3, -0.25) is 19.2 Å². The molecule has 4 rings (SSSR count). The van der Waals surface area contributed by atoms with E-state index in [4.69, 9.17) is 9.84 Å². The monoisotopic (exact) mass is 489 g/mol. The highest BCUT2D eigenvalue weighted by Crippen LogP contribution is 2.26. The molecule has 1 saturated heterocycles. The molecule has 190 valence electrons. The van der Waals surface area contributed by atoms with Crippen LogP contribution in [0, 0.1) is 0 Å². The quantitative estimate of drug-likeness (QED) is 0.462. The second kappa shape index (κ2) is 11.9. The standard InChI is InChI=1S/C28H35N5O3/c1-4-31(5-2)26(34)21-30-15-17-32(18-16-30)28(35)25-20-33(19-22-9-7-6-8-10-22)29-27(25)23-11-13-24(36-3)14-12-23/h6-14,20H,4-5,15-19,21H2,1-3H3. The maximum atomic E-state index is 13.7. The topological polar surface area (TPSA) is 70.9 Å². The van der Waals surface area contributed by atoms with Crippen LogP contribution in [0.15, 0.2) is 60.8 Å². The zero-order valence-corrected chi connectivity index (χ0v) is 21.4. The number of ether oxygens (including phenoxy) is 1. The predicted octanol–water partition coefficient (Wildman–Crippen LogP) is 3.23. The number of amides is 2. The second-order valence-electron chi connectivity index (χ2n) is 8.94. The fourth-order valence-electron chi connectivity index (χ4n) is 4.54. The van der Waals surface area contributed by atoms with Crippen molar-refractivity contribution in [1.82, 2.24) is 24.5 Å². The molecule has 0 N–H and O–H groups in total. The van der Waals surface area contributed by atoms with Crippen LogP contribution in [0.1, 0.15) is 29.8 Å². The number of carbonyl (C=O) groups is 2. The molecule has 0 bridgehead atoms. The van der Waals surface area contributed by atoms with Crippen molar-refractivity contribution in [3.8, 4) is 17.0 Å². The van der Waals surface area contributed by atoms with E-state index in [0.29, 0.717) is 50.5 Å². The van der Waals surface area contributed by atoms with Gasteiger partial charge in [-0.1, -0.05) is 30.3 Å². The number of aromatic nitrogens is 2. The van der Waals surface area contributed by atoms with Crippen molar-refractivity contribution in [1.29, 1.82) is 0 Å². The Morgan fingerprint density at radius 1 is 0.944 bits per heavy atom. The van der Waals surface area contributed by atoms with Crippen LogP contribution >= 0.6 is 0 Å². The number of likely N-dealkylation sites (N-methyl/N-ethyl adjacent to an activating group) is 1. The minimum atomic E-state index is -0.0325. The number of piperazine rings is 1. The number of rotatable bonds is 9. The predicted molar refractivity (Wildman–Crippen MR) is 140 cm³/mol. The SMILES string of the molecule is CCN(CC)C(=O)CN1CCN(C(=O)c2cn(Cc3ccccc3)nc2-c2ccc(OC)cc2)CC1. The highest BCUT2D eigenvalue weighted by atomic mass is 16.5. The lowest BCUT2D eigenvalue weighted by Gasteiger charge is -2.35. The Morgan fingerprint density at radius 3 is 2.22 bits per heavy atom. The first-order valence-corrected chi connectivity index (χ1v) is 12.6. The Morgan fingerprint density at radius 2 is 1.61 bits per heavy atom. The molecule has 0 spiro atoms. The van der Waals surface area contributed by atoms with E-state index in [1.54, 1.807) is 7.11 Å². The zero-order valence-electron chi connectivity index (χ0n) is 21.4. The molecule has 2 aromatic carbocycles. The van der Waals surface area contributed by atoms with Gasteiger partial charge in [0.25, 0.3) is 5.91 Å². The molecule has 0 radical (unpaired) electrons. The summed E-state index contributed by atoms with van der Waals surface area (Å²) in [6.45, 7) is 8.92. The summed E-state index contributed by atoms with van der Waals surface area (Å²) in [7, 11) is 1.63. The maximum Gasteiger partial charge on any atom is 0.257 e. The van der Waals surface area contributed by atoms with Gasteiger partial charge in [-0.2, -0.15) is 5.10 Å². The number of benzene rings is 2. The Bertz CT molecular complexity index is 1150. The van der Waals surface area contributed by atoms with Crippen molar-refractivity contribution in [2.45, 2.75) is 20.4 Å². The van der Waals surface area contributed by atoms with E-state index in [9.17, 15) is 9.59 Å². The van der Waals surface area contributed by atoms with Crippen LogP contribution in [0.5, 0.6) is 5.75 Å². The van der Waals surface area contributed by atoms with Gasteiger partial charge < -0.3 is 14.5 Å². The molecule has 1 aromatic heterocycles. The summed E-state index contributed by atoms with van der Waals surface area (Å²) in [4.78, 5) is 32.0. The van der Waals surface area contributed by atoms with Gasteiger partial charge in [0.1, 0.15) is 11.4 Å². The van der Waals surface area contributed by atoms with Gasteiger partial charge >= 0.3 is 0 Å². The van der Waals surface area contributed by atoms with Gasteiger partial charge in [0, 0.05) is 51.0 Å². The fourth-order valence-corrected chi connectivity index (χ4v) is 4.54. The zero-order chi connectivity index (χ0) is 25.5. The van der Waals surface area contributed by atoms with Crippen LogP contribution in [0.3, 0.4) is 0 Å². The third-order valence-electron chi connectivity index (χ3n) is 6.68. The summed E-state index contributed by atoms with van der Waals surface area (Å²) < 4.78 is 7.13. The van der Waals surface area contributed by atoms with E-state index in [2.05, 4.69) is 17.0 Å². The summed E-state index contributed by atoms with van der Waals surface area (Å²) in [6, 6.07) is 17.7. The molecule has 0 saturated carbocycles. The Balaban J connectivity index is 1.51. The van der Waals surface area contributed by atoms with Crippen molar-refractivity contribution < 1.29 is 14.3 Å². The van der Waals surface area contributed by atoms with Crippen molar-refractivity contribution in [2.24, 2.45) is 0 Å². The number of methoxy groups -OCH3 is 1. The highest BCUT2D eigenvalue weighted by molar-refractivity contribution is 6.00. The van der Waals surface area contributed by atoms with Crippen molar-refractivity contribution in [2.75, 3.05) is 52.9 Å². The number of hydrogen-bond donors (Lipinski definition) is 0. The van der Waals surface area contributed by atoms with Crippen molar-refractivity contribution in [3.05, 3.63) is 71.9 Å². The molecular formula is C28H35N5O3. The molecule has 0 unspecified atom stereocenters. The number of carbonyl (C=O) groups excluding carboxylic acids is 2. The van der Waals surface area contributed by atoms with Crippen LogP contribution in [0.4, 0.5) is 0 Å². The van der Waals surface area contributed by atoms with Crippen molar-refractivity contribution >= 4 is 11.8 Å². The van der Waals surface area contributed by atoms with Gasteiger partial charge in [0.05, 0.1) is 25.8 Å². The highest BCUT2D eigenvalue weighted by Gasteiger charge is 2.27. The lowest BCUT2D eigenvalue weighted by Crippen LogP contribution is -2.51. The Hall–Kier alpha value is -3.65. The molecule has 1 fully saturated rings. The van der Waals surface area contributed by atoms with Gasteiger partial charge in [-0.25, -0.2) is 0 Å². The average molecular weight is 490 g/mol. The molecule has 2 heterocycles. The van der Waals surface area contributed by atoms with Crippen LogP contribution in [0.2, 0.25) is 0 Å². The second-order valence-corrected chi connectivity index (χ2v) is 8.94. The minimum absolute atomic E-state index is 0.0325. The average Bonchev–Trinajstić information content (AvgIpc) is 3.33. The van der Waals surface area contributed by atoms with E-state index in [0.717, 1.165) is 30.0 Å². The number of hydrogen-bond acceptors (Lipinski definition) is 5. The molecule has 36 heavy (non-hydrogen) atoms. The molecule has 8 heteroatoms. The first-order valence-electron chi connectivity index (χ1n) is 12.6. The van der Waals surface area contributed by atoms with Crippen LogP contribution in [-0.2, 0) is 11.3 Å². The molecule has 1 aliphatic heterocycles. The smallest absolute Gasteiger partial charge is 0.257 e. The summed E-state index contributed by atoms with van der Waals surface area (Å²) in [5, 5.41) is 4.81. The van der Waals surface area contributed by atoms with Crippen LogP contribution < -0.4 is 4.74 Å². The Labute approximate surface area is 213 Å². The van der Waals surface area contributed by atoms with E-state index in [1.807, 2.05) is 77.0 Å². The Kier molecular flexibility index (Phi) is 8.38. The number of nitrogens with zero attached hydrogens (tertiary/aromatic N) is 5. The van der Waals surface area contributed by atoms with Gasteiger partial charge in [-0.15, -0.1) is 0 Å². The summed E-state index contributed by atoms with van der Waals surface area (Å²) >= 11 is 0. The molecule has 8 nitrogen and oxygen atoms in total. The van der Waals surface area contributed by atoms with Gasteiger partial charge in [0.15, 0.2) is 0 Å². The van der Waals surface area contributed by atoms with E-state index in [1.165, 1.54) is 0 Å². The van der Waals surface area contributed by atoms with E-state index in [-0.39, 0.29) is 11.8 Å². The first-order chi connectivity index (χ1) is 17.5. The third-order valence-corrected chi connectivity index (χ3v) is 6.68. The van der Waals surface area contributed by atoms with Crippen LogP contribution in [0.25, 0.3) is 11.3 Å². The lowest BCUT2D eigenvalue weighted by atomic mass is 10.1. The molecule has 2 amide bonds. The van der Waals surface area contributed by atoms with Crippen molar-refractivity contribution in [3.63, 3.8) is 0 Å². The lowest BCUT2D eigenvalue weighted by molar-refractivity contribution is -0.132. The van der Waals surface area contributed by atoms with E-state index < -0.39 is 0 Å². The van der Waals surface area contributed by atoms with Gasteiger partial charge in [0.2, 0.25) is 5.91 Å². The molecular weight excluding hydrogens is 454 g/mol. The fraction of sp³-hybridized carbons (Fsp3) is 0.393. The molecule has 1 aliphatic rings. The van der Waals surface area contributed by atoms with Gasteiger partial charge in [-0.05, 0) is 43.7 Å². The maximum absolute atomic E-state index is 13.7. The first kappa shape index (κ1) is 25.4. The molecule has 3 aromatic rings. The summed E-state index contributed by atoms with van der Waals surface area (Å²) in [6.07, 6.45) is 1.85. The summed E-state index contributed by atoms with van der Waals surface area (Å²) in [5.41, 5.74) is 3.24. The largest absolute Gasteiger partial charge is 0.497 e. The van der Waals surface area contributed by atoms with E-state index >= 15 is 0 Å². The minimum Gasteiger partial charge on any atom is -0.497 e. The van der Waals surface area contributed by atoms with Crippen LogP contribution in [-0.4, -0.2) is 89.2 Å². The normalized spacial score (nSPS) is 14.0. The molecule has 0 aliphatic carbocycles. The summed E-state index contributed by atoms with van der Waals surface area (Å²) in [5.74, 6) is 0.865. The third kappa shape index (κ3) is 5.94. The molecule has 0 atom stereocenters.